The fourth-order valence-electron chi connectivity index (χ4n) is 5.11. The first-order chi connectivity index (χ1) is 13.3. The number of hydrogen-bond donors (Lipinski definition) is 0. The van der Waals surface area contributed by atoms with E-state index in [0.717, 1.165) is 32.9 Å². The lowest BCUT2D eigenvalue weighted by Gasteiger charge is -2.43. The van der Waals surface area contributed by atoms with Gasteiger partial charge in [0, 0.05) is 16.0 Å². The molecule has 3 heteroatoms. The summed E-state index contributed by atoms with van der Waals surface area (Å²) < 4.78 is 0. The summed E-state index contributed by atoms with van der Waals surface area (Å²) in [5.74, 6) is 0. The van der Waals surface area contributed by atoms with Gasteiger partial charge in [0.05, 0.1) is 19.3 Å². The summed E-state index contributed by atoms with van der Waals surface area (Å²) in [5, 5.41) is 2.00. The minimum atomic E-state index is -1.60. The van der Waals surface area contributed by atoms with E-state index in [1.165, 1.54) is 22.6 Å². The average Bonchev–Trinajstić information content (AvgIpc) is 2.65. The Morgan fingerprint density at radius 2 is 1.43 bits per heavy atom. The van der Waals surface area contributed by atoms with E-state index in [9.17, 15) is 0 Å². The van der Waals surface area contributed by atoms with Gasteiger partial charge >= 0.3 is 0 Å². The smallest absolute Gasteiger partial charge is 0.0713 e. The van der Waals surface area contributed by atoms with Gasteiger partial charge in [-0.3, -0.25) is 0 Å². The third kappa shape index (κ3) is 3.90. The van der Waals surface area contributed by atoms with Crippen LogP contribution in [0.3, 0.4) is 0 Å². The van der Waals surface area contributed by atoms with Crippen molar-refractivity contribution < 1.29 is 0 Å². The zero-order valence-corrected chi connectivity index (χ0v) is 19.7. The monoisotopic (exact) mass is 409 g/mol. The molecule has 0 aliphatic carbocycles. The summed E-state index contributed by atoms with van der Waals surface area (Å²) in [6, 6.07) is 20.1. The SMILES string of the molecule is CC(C)[Si](Cc1cc(-c2ccccc2)nc2ccc(Cl)cc12)(C(C)C)C(C)C. The van der Waals surface area contributed by atoms with Gasteiger partial charge in [0.25, 0.3) is 0 Å². The van der Waals surface area contributed by atoms with Gasteiger partial charge in [-0.25, -0.2) is 4.98 Å². The molecule has 1 heterocycles. The Kier molecular flexibility index (Phi) is 6.31. The molecule has 3 aromatic rings. The average molecular weight is 410 g/mol. The first-order valence-electron chi connectivity index (χ1n) is 10.4. The third-order valence-electron chi connectivity index (χ3n) is 6.65. The van der Waals surface area contributed by atoms with Crippen molar-refractivity contribution in [2.45, 2.75) is 64.2 Å². The van der Waals surface area contributed by atoms with Gasteiger partial charge < -0.3 is 0 Å². The molecule has 0 aliphatic rings. The van der Waals surface area contributed by atoms with Crippen molar-refractivity contribution in [3.63, 3.8) is 0 Å². The predicted molar refractivity (Wildman–Crippen MR) is 127 cm³/mol. The van der Waals surface area contributed by atoms with E-state index in [1.54, 1.807) is 0 Å². The molecule has 3 rings (SSSR count). The molecule has 0 bridgehead atoms. The minimum Gasteiger partial charge on any atom is -0.248 e. The lowest BCUT2D eigenvalue weighted by molar-refractivity contribution is 0.798. The van der Waals surface area contributed by atoms with E-state index in [4.69, 9.17) is 16.6 Å². The number of benzene rings is 2. The summed E-state index contributed by atoms with van der Waals surface area (Å²) >= 11 is 6.39. The first-order valence-corrected chi connectivity index (χ1v) is 13.2. The molecular weight excluding hydrogens is 378 g/mol. The van der Waals surface area contributed by atoms with Gasteiger partial charge in [-0.1, -0.05) is 100 Å². The van der Waals surface area contributed by atoms with Crippen molar-refractivity contribution in [3.05, 3.63) is 65.2 Å². The molecule has 0 saturated carbocycles. The Labute approximate surface area is 176 Å². The number of aromatic nitrogens is 1. The topological polar surface area (TPSA) is 12.9 Å². The second-order valence-corrected chi connectivity index (χ2v) is 15.4. The van der Waals surface area contributed by atoms with Crippen LogP contribution in [0.4, 0.5) is 0 Å². The molecule has 2 aromatic carbocycles. The molecule has 0 radical (unpaired) electrons. The highest BCUT2D eigenvalue weighted by Gasteiger charge is 2.42. The van der Waals surface area contributed by atoms with Crippen LogP contribution in [-0.4, -0.2) is 13.1 Å². The van der Waals surface area contributed by atoms with Crippen LogP contribution >= 0.6 is 11.6 Å². The maximum atomic E-state index is 6.39. The lowest BCUT2D eigenvalue weighted by atomic mass is 10.1. The zero-order chi connectivity index (χ0) is 20.5. The molecule has 0 N–H and O–H groups in total. The van der Waals surface area contributed by atoms with Crippen LogP contribution in [0, 0.1) is 0 Å². The van der Waals surface area contributed by atoms with Gasteiger partial charge in [-0.05, 0) is 35.9 Å². The van der Waals surface area contributed by atoms with Crippen LogP contribution in [0.15, 0.2) is 54.6 Å². The molecule has 1 aromatic heterocycles. The van der Waals surface area contributed by atoms with Crippen LogP contribution < -0.4 is 0 Å². The highest BCUT2D eigenvalue weighted by atomic mass is 35.5. The maximum absolute atomic E-state index is 6.39. The summed E-state index contributed by atoms with van der Waals surface area (Å²) in [6.07, 6.45) is 0. The van der Waals surface area contributed by atoms with Crippen molar-refractivity contribution in [1.82, 2.24) is 4.98 Å². The first kappa shape index (κ1) is 21.1. The van der Waals surface area contributed by atoms with Crippen LogP contribution in [-0.2, 0) is 6.04 Å². The third-order valence-corrected chi connectivity index (χ3v) is 14.3. The van der Waals surface area contributed by atoms with Crippen molar-refractivity contribution in [1.29, 1.82) is 0 Å². The Morgan fingerprint density at radius 3 is 2.00 bits per heavy atom. The summed E-state index contributed by atoms with van der Waals surface area (Å²) in [5.41, 5.74) is 6.84. The van der Waals surface area contributed by atoms with E-state index < -0.39 is 8.07 Å². The second-order valence-electron chi connectivity index (χ2n) is 8.95. The molecule has 0 amide bonds. The summed E-state index contributed by atoms with van der Waals surface area (Å²) in [4.78, 5) is 4.97. The molecule has 0 fully saturated rings. The molecule has 0 aliphatic heterocycles. The van der Waals surface area contributed by atoms with Crippen molar-refractivity contribution in [2.24, 2.45) is 0 Å². The Hall–Kier alpha value is -1.64. The molecule has 148 valence electrons. The molecule has 0 unspecified atom stereocenters. The minimum absolute atomic E-state index is 0.718. The van der Waals surface area contributed by atoms with Gasteiger partial charge in [0.1, 0.15) is 0 Å². The fraction of sp³-hybridized carbons (Fsp3) is 0.400. The second kappa shape index (κ2) is 8.38. The zero-order valence-electron chi connectivity index (χ0n) is 18.0. The summed E-state index contributed by atoms with van der Waals surface area (Å²) in [6.45, 7) is 14.6. The molecular formula is C25H32ClNSi. The van der Waals surface area contributed by atoms with Crippen molar-refractivity contribution in [2.75, 3.05) is 0 Å². The molecule has 0 atom stereocenters. The fourth-order valence-corrected chi connectivity index (χ4v) is 11.5. The maximum Gasteiger partial charge on any atom is 0.0713 e. The Morgan fingerprint density at radius 1 is 0.821 bits per heavy atom. The predicted octanol–water partition coefficient (Wildman–Crippen LogP) is 8.32. The molecule has 0 saturated heterocycles. The van der Waals surface area contributed by atoms with E-state index in [0.29, 0.717) is 0 Å². The Balaban J connectivity index is 2.24. The molecule has 0 spiro atoms. The van der Waals surface area contributed by atoms with Crippen LogP contribution in [0.25, 0.3) is 22.2 Å². The lowest BCUT2D eigenvalue weighted by Crippen LogP contribution is -2.47. The highest BCUT2D eigenvalue weighted by molar-refractivity contribution is 6.83. The van der Waals surface area contributed by atoms with E-state index >= 15 is 0 Å². The van der Waals surface area contributed by atoms with Gasteiger partial charge in [0.2, 0.25) is 0 Å². The normalized spacial score (nSPS) is 12.5. The number of rotatable bonds is 6. The highest BCUT2D eigenvalue weighted by Crippen LogP contribution is 2.44. The van der Waals surface area contributed by atoms with Gasteiger partial charge in [0.15, 0.2) is 0 Å². The molecule has 28 heavy (non-hydrogen) atoms. The standard InChI is InChI=1S/C25H32ClNSi/c1-17(2)28(18(3)4,19(5)6)16-21-14-25(20-10-8-7-9-11-20)27-24-13-12-22(26)15-23(21)24/h7-15,17-19H,16H2,1-6H3. The van der Waals surface area contributed by atoms with Gasteiger partial charge in [-0.2, -0.15) is 0 Å². The van der Waals surface area contributed by atoms with Crippen LogP contribution in [0.5, 0.6) is 0 Å². The van der Waals surface area contributed by atoms with Crippen LogP contribution in [0.2, 0.25) is 21.6 Å². The number of pyridine rings is 1. The van der Waals surface area contributed by atoms with Crippen LogP contribution in [0.1, 0.15) is 47.1 Å². The van der Waals surface area contributed by atoms with Crippen molar-refractivity contribution in [3.8, 4) is 11.3 Å². The number of fused-ring (bicyclic) bond motifs is 1. The van der Waals surface area contributed by atoms with E-state index in [-0.39, 0.29) is 0 Å². The molecule has 1 nitrogen and oxygen atoms in total. The Bertz CT molecular complexity index is 926. The quantitative estimate of drug-likeness (QED) is 0.373. The number of hydrogen-bond acceptors (Lipinski definition) is 1. The van der Waals surface area contributed by atoms with Gasteiger partial charge in [-0.15, -0.1) is 0 Å². The number of nitrogens with zero attached hydrogens (tertiary/aromatic N) is 1. The number of halogens is 1. The van der Waals surface area contributed by atoms with E-state index in [1.807, 2.05) is 6.07 Å². The van der Waals surface area contributed by atoms with Crippen molar-refractivity contribution >= 4 is 30.6 Å². The largest absolute Gasteiger partial charge is 0.248 e. The van der Waals surface area contributed by atoms with E-state index in [2.05, 4.69) is 90.1 Å². The summed E-state index contributed by atoms with van der Waals surface area (Å²) in [7, 11) is -1.60.